The van der Waals surface area contributed by atoms with Crippen LogP contribution in [-0.4, -0.2) is 49.1 Å². The number of rotatable bonds is 8. The molecule has 5 rings (SSSR count). The lowest BCUT2D eigenvalue weighted by atomic mass is 10.0. The van der Waals surface area contributed by atoms with Gasteiger partial charge in [0.05, 0.1) is 12.3 Å². The van der Waals surface area contributed by atoms with Gasteiger partial charge >= 0.3 is 6.09 Å². The zero-order valence-corrected chi connectivity index (χ0v) is 18.4. The Morgan fingerprint density at radius 3 is 3.03 bits per heavy atom. The van der Waals surface area contributed by atoms with Crippen molar-refractivity contribution in [3.8, 4) is 0 Å². The summed E-state index contributed by atoms with van der Waals surface area (Å²) in [6.07, 6.45) is 7.80. The van der Waals surface area contributed by atoms with Gasteiger partial charge in [-0.2, -0.15) is 10.2 Å². The molecule has 0 radical (unpaired) electrons. The highest BCUT2D eigenvalue weighted by atomic mass is 16.6. The fraction of sp³-hybridized carbons (Fsp3) is 0.545. The van der Waals surface area contributed by atoms with Crippen LogP contribution < -0.4 is 10.6 Å². The van der Waals surface area contributed by atoms with Gasteiger partial charge in [0.1, 0.15) is 11.6 Å². The van der Waals surface area contributed by atoms with Gasteiger partial charge in [-0.15, -0.1) is 0 Å². The summed E-state index contributed by atoms with van der Waals surface area (Å²) in [6, 6.07) is 3.96. The van der Waals surface area contributed by atoms with Crippen LogP contribution in [0.1, 0.15) is 63.3 Å². The second-order valence-corrected chi connectivity index (χ2v) is 8.93. The molecule has 32 heavy (non-hydrogen) atoms. The molecule has 10 nitrogen and oxygen atoms in total. The molecule has 3 aromatic rings. The number of carbonyl (C=O) groups is 1. The molecule has 3 heterocycles. The van der Waals surface area contributed by atoms with E-state index in [-0.39, 0.29) is 23.7 Å². The molecule has 170 valence electrons. The van der Waals surface area contributed by atoms with E-state index in [1.54, 1.807) is 10.7 Å². The number of carbonyl (C=O) groups excluding carboxylic acids is 1. The first kappa shape index (κ1) is 20.7. The summed E-state index contributed by atoms with van der Waals surface area (Å²) in [6.45, 7) is 5.11. The van der Waals surface area contributed by atoms with Gasteiger partial charge in [-0.3, -0.25) is 5.10 Å². The maximum absolute atomic E-state index is 12.1. The van der Waals surface area contributed by atoms with E-state index in [0.29, 0.717) is 24.8 Å². The summed E-state index contributed by atoms with van der Waals surface area (Å²) in [4.78, 5) is 16.5. The molecular weight excluding hydrogens is 410 g/mol. The summed E-state index contributed by atoms with van der Waals surface area (Å²) in [5.74, 6) is 1.65. The van der Waals surface area contributed by atoms with Crippen molar-refractivity contribution in [1.82, 2.24) is 30.1 Å². The SMILES string of the molecule is CCOCc1cc2c(Nc3cc([C@H]4CC[C@@H](OC(=O)NC5(C)CC5)C4)[nH]n3)nccn2n1. The van der Waals surface area contributed by atoms with Crippen molar-refractivity contribution in [3.05, 3.63) is 35.9 Å². The van der Waals surface area contributed by atoms with E-state index in [2.05, 4.69) is 30.9 Å². The summed E-state index contributed by atoms with van der Waals surface area (Å²) >= 11 is 0. The van der Waals surface area contributed by atoms with Crippen molar-refractivity contribution in [1.29, 1.82) is 0 Å². The summed E-state index contributed by atoms with van der Waals surface area (Å²) in [7, 11) is 0. The lowest BCUT2D eigenvalue weighted by Gasteiger charge is -2.16. The molecule has 3 aromatic heterocycles. The highest BCUT2D eigenvalue weighted by Gasteiger charge is 2.40. The van der Waals surface area contributed by atoms with Crippen LogP contribution in [0.4, 0.5) is 16.4 Å². The van der Waals surface area contributed by atoms with Gasteiger partial charge < -0.3 is 20.1 Å². The molecule has 0 aromatic carbocycles. The maximum Gasteiger partial charge on any atom is 0.407 e. The normalized spacial score (nSPS) is 21.6. The number of fused-ring (bicyclic) bond motifs is 1. The third-order valence-electron chi connectivity index (χ3n) is 6.24. The number of alkyl carbamates (subject to hydrolysis) is 1. The number of aromatic nitrogens is 5. The van der Waals surface area contributed by atoms with Crippen molar-refractivity contribution in [3.63, 3.8) is 0 Å². The monoisotopic (exact) mass is 439 g/mol. The first-order valence-corrected chi connectivity index (χ1v) is 11.2. The average Bonchev–Trinajstić information content (AvgIpc) is 3.18. The Hall–Kier alpha value is -3.14. The zero-order valence-electron chi connectivity index (χ0n) is 18.4. The van der Waals surface area contributed by atoms with Crippen molar-refractivity contribution in [2.75, 3.05) is 11.9 Å². The number of nitrogens with one attached hydrogen (secondary N) is 3. The van der Waals surface area contributed by atoms with Gasteiger partial charge in [0.25, 0.3) is 0 Å². The number of aromatic amines is 1. The maximum atomic E-state index is 12.1. The Labute approximate surface area is 186 Å². The molecule has 3 N–H and O–H groups in total. The number of anilines is 2. The summed E-state index contributed by atoms with van der Waals surface area (Å²) in [5.41, 5.74) is 2.68. The Morgan fingerprint density at radius 2 is 2.22 bits per heavy atom. The van der Waals surface area contributed by atoms with Gasteiger partial charge in [-0.1, -0.05) is 0 Å². The van der Waals surface area contributed by atoms with Gasteiger partial charge in [0.15, 0.2) is 11.6 Å². The number of H-pyrrole nitrogens is 1. The molecule has 10 heteroatoms. The standard InChI is InChI=1S/C22H29N7O3/c1-3-31-13-15-11-18-20(23-8-9-29(18)28-15)24-19-12-17(26-27-19)14-4-5-16(10-14)32-21(30)25-22(2)6-7-22/h8-9,11-12,14,16H,3-7,10,13H2,1-2H3,(H,25,30)(H2,23,24,26,27)/t14-,16+/m0/s1. The fourth-order valence-electron chi connectivity index (χ4n) is 4.15. The molecule has 2 atom stereocenters. The van der Waals surface area contributed by atoms with Crippen molar-refractivity contribution < 1.29 is 14.3 Å². The lowest BCUT2D eigenvalue weighted by Crippen LogP contribution is -2.36. The summed E-state index contributed by atoms with van der Waals surface area (Å²) < 4.78 is 12.9. The van der Waals surface area contributed by atoms with Crippen molar-refractivity contribution >= 4 is 23.2 Å². The van der Waals surface area contributed by atoms with E-state index in [9.17, 15) is 4.79 Å². The number of hydrogen-bond donors (Lipinski definition) is 3. The summed E-state index contributed by atoms with van der Waals surface area (Å²) in [5, 5.41) is 18.3. The minimum atomic E-state index is -0.300. The zero-order chi connectivity index (χ0) is 22.1. The van der Waals surface area contributed by atoms with E-state index in [1.807, 2.05) is 32.2 Å². The number of hydrogen-bond acceptors (Lipinski definition) is 7. The van der Waals surface area contributed by atoms with Crippen LogP contribution in [0.15, 0.2) is 24.5 Å². The topological polar surface area (TPSA) is 118 Å². The molecule has 0 saturated heterocycles. The molecule has 0 spiro atoms. The smallest absolute Gasteiger partial charge is 0.407 e. The number of amides is 1. The van der Waals surface area contributed by atoms with Gasteiger partial charge in [-0.25, -0.2) is 14.3 Å². The van der Waals surface area contributed by atoms with E-state index in [0.717, 1.165) is 49.0 Å². The molecule has 1 amide bonds. The predicted molar refractivity (Wildman–Crippen MR) is 118 cm³/mol. The molecule has 0 aliphatic heterocycles. The minimum absolute atomic E-state index is 0.0603. The third-order valence-corrected chi connectivity index (χ3v) is 6.24. The van der Waals surface area contributed by atoms with Crippen LogP contribution in [-0.2, 0) is 16.1 Å². The van der Waals surface area contributed by atoms with Crippen LogP contribution in [0.5, 0.6) is 0 Å². The molecule has 2 fully saturated rings. The number of ether oxygens (including phenoxy) is 2. The Morgan fingerprint density at radius 1 is 1.34 bits per heavy atom. The Balaban J connectivity index is 1.21. The average molecular weight is 440 g/mol. The molecular formula is C22H29N7O3. The Kier molecular flexibility index (Phi) is 5.46. The molecule has 0 unspecified atom stereocenters. The van der Waals surface area contributed by atoms with Crippen LogP contribution in [0, 0.1) is 0 Å². The highest BCUT2D eigenvalue weighted by molar-refractivity contribution is 5.72. The van der Waals surface area contributed by atoms with Crippen molar-refractivity contribution in [2.24, 2.45) is 0 Å². The van der Waals surface area contributed by atoms with Gasteiger partial charge in [0.2, 0.25) is 0 Å². The Bertz CT molecular complexity index is 1100. The molecule has 2 aliphatic carbocycles. The second kappa shape index (κ2) is 8.42. The van der Waals surface area contributed by atoms with Crippen LogP contribution in [0.3, 0.4) is 0 Å². The van der Waals surface area contributed by atoms with E-state index in [4.69, 9.17) is 9.47 Å². The number of nitrogens with zero attached hydrogens (tertiary/aromatic N) is 4. The van der Waals surface area contributed by atoms with Crippen LogP contribution in [0.2, 0.25) is 0 Å². The van der Waals surface area contributed by atoms with Crippen LogP contribution in [0.25, 0.3) is 5.52 Å². The van der Waals surface area contributed by atoms with Gasteiger partial charge in [-0.05, 0) is 52.0 Å². The first-order valence-electron chi connectivity index (χ1n) is 11.2. The minimum Gasteiger partial charge on any atom is -0.446 e. The van der Waals surface area contributed by atoms with E-state index in [1.165, 1.54) is 0 Å². The van der Waals surface area contributed by atoms with Gasteiger partial charge in [0, 0.05) is 42.2 Å². The predicted octanol–water partition coefficient (Wildman–Crippen LogP) is 3.65. The van der Waals surface area contributed by atoms with E-state index >= 15 is 0 Å². The first-order chi connectivity index (χ1) is 15.5. The molecule has 2 aliphatic rings. The van der Waals surface area contributed by atoms with E-state index < -0.39 is 0 Å². The second-order valence-electron chi connectivity index (χ2n) is 8.93. The third kappa shape index (κ3) is 4.55. The van der Waals surface area contributed by atoms with Crippen molar-refractivity contribution in [2.45, 2.75) is 70.1 Å². The lowest BCUT2D eigenvalue weighted by molar-refractivity contribution is 0.0967. The quantitative estimate of drug-likeness (QED) is 0.490. The fourth-order valence-corrected chi connectivity index (χ4v) is 4.15. The molecule has 2 saturated carbocycles. The largest absolute Gasteiger partial charge is 0.446 e. The van der Waals surface area contributed by atoms with Crippen LogP contribution >= 0.6 is 0 Å². The molecule has 0 bridgehead atoms. The highest BCUT2D eigenvalue weighted by Crippen LogP contribution is 2.37.